The number of rotatable bonds is 30. The molecule has 6 N–H and O–H groups in total. The molecule has 0 bridgehead atoms. The average molecular weight is 865 g/mol. The van der Waals surface area contributed by atoms with Crippen molar-refractivity contribution in [1.82, 2.24) is 0 Å². The Kier molecular flexibility index (Phi) is 59.4. The smallest absolute Gasteiger partial charge is 0.306 e. The van der Waals surface area contributed by atoms with Crippen LogP contribution in [0.5, 0.6) is 0 Å². The Morgan fingerprint density at radius 3 is 0.400 bits per heavy atom. The van der Waals surface area contributed by atoms with E-state index in [4.69, 9.17) is 30.6 Å². The Bertz CT molecular complexity index is 798. The zero-order valence-corrected chi connectivity index (χ0v) is 40.6. The molecule has 0 radical (unpaired) electrons. The predicted molar refractivity (Wildman–Crippen MR) is 246 cm³/mol. The third kappa shape index (κ3) is 49.2. The molecule has 12 heteroatoms. The SMILES string of the molecule is CCCCC(CC)C(=O)O.CCCCC(CC)C(=O)O.CCCCC(CC)C(=O)O.CCCCC(CC)C(=O)O.CCCCC(CC)C(=O)O.CCCCC(CC)C(=O)O. The Morgan fingerprint density at radius 1 is 0.250 bits per heavy atom. The molecular formula is C48H96O12. The maximum absolute atomic E-state index is 10.4. The van der Waals surface area contributed by atoms with E-state index >= 15 is 0 Å². The van der Waals surface area contributed by atoms with Crippen LogP contribution in [-0.4, -0.2) is 66.5 Å². The second-order valence-electron chi connectivity index (χ2n) is 15.5. The Balaban J connectivity index is -0.000000146. The molecule has 0 amide bonds. The van der Waals surface area contributed by atoms with Gasteiger partial charge in [0.05, 0.1) is 35.5 Å². The van der Waals surface area contributed by atoms with Gasteiger partial charge >= 0.3 is 35.8 Å². The van der Waals surface area contributed by atoms with E-state index in [9.17, 15) is 28.8 Å². The Hall–Kier alpha value is -3.18. The second kappa shape index (κ2) is 52.0. The highest BCUT2D eigenvalue weighted by Gasteiger charge is 2.16. The average Bonchev–Trinajstić information content (AvgIpc) is 3.20. The Morgan fingerprint density at radius 2 is 0.350 bits per heavy atom. The monoisotopic (exact) mass is 865 g/mol. The number of carboxylic acid groups (broad SMARTS) is 6. The van der Waals surface area contributed by atoms with Crippen LogP contribution in [0.1, 0.15) is 237 Å². The summed E-state index contributed by atoms with van der Waals surface area (Å²) < 4.78 is 0. The van der Waals surface area contributed by atoms with Crippen molar-refractivity contribution in [3.63, 3.8) is 0 Å². The van der Waals surface area contributed by atoms with Crippen molar-refractivity contribution in [1.29, 1.82) is 0 Å². The van der Waals surface area contributed by atoms with Gasteiger partial charge in [-0.3, -0.25) is 28.8 Å². The molecule has 360 valence electrons. The van der Waals surface area contributed by atoms with Crippen LogP contribution in [-0.2, 0) is 28.8 Å². The fraction of sp³-hybridized carbons (Fsp3) is 0.875. The van der Waals surface area contributed by atoms with Crippen LogP contribution in [0.3, 0.4) is 0 Å². The minimum absolute atomic E-state index is 0.111. The van der Waals surface area contributed by atoms with Gasteiger partial charge in [0.1, 0.15) is 0 Å². The molecule has 0 rings (SSSR count). The summed E-state index contributed by atoms with van der Waals surface area (Å²) in [4.78, 5) is 62.6. The first-order valence-electron chi connectivity index (χ1n) is 23.7. The van der Waals surface area contributed by atoms with Crippen LogP contribution in [0, 0.1) is 35.5 Å². The second-order valence-corrected chi connectivity index (χ2v) is 15.5. The summed E-state index contributed by atoms with van der Waals surface area (Å²) in [5.41, 5.74) is 0. The van der Waals surface area contributed by atoms with Gasteiger partial charge in [-0.1, -0.05) is 160 Å². The molecule has 0 saturated carbocycles. The molecule has 0 aliphatic carbocycles. The zero-order valence-electron chi connectivity index (χ0n) is 40.6. The lowest BCUT2D eigenvalue weighted by Crippen LogP contribution is -2.11. The van der Waals surface area contributed by atoms with Crippen molar-refractivity contribution in [2.24, 2.45) is 35.5 Å². The van der Waals surface area contributed by atoms with Gasteiger partial charge in [-0.05, 0) is 77.0 Å². The first-order chi connectivity index (χ1) is 28.3. The molecule has 0 aromatic rings. The minimum Gasteiger partial charge on any atom is -0.481 e. The highest BCUT2D eigenvalue weighted by atomic mass is 16.4. The first-order valence-corrected chi connectivity index (χ1v) is 23.7. The number of unbranched alkanes of at least 4 members (excludes halogenated alkanes) is 6. The minimum atomic E-state index is -0.643. The molecule has 0 aliphatic heterocycles. The van der Waals surface area contributed by atoms with Gasteiger partial charge in [-0.25, -0.2) is 0 Å². The first kappa shape index (κ1) is 68.6. The van der Waals surface area contributed by atoms with Gasteiger partial charge in [0, 0.05) is 0 Å². The molecule has 12 nitrogen and oxygen atoms in total. The van der Waals surface area contributed by atoms with Crippen LogP contribution in [0.2, 0.25) is 0 Å². The fourth-order valence-electron chi connectivity index (χ4n) is 5.72. The number of carboxylic acids is 6. The predicted octanol–water partition coefficient (Wildman–Crippen LogP) is 13.7. The summed E-state index contributed by atoms with van der Waals surface area (Å²) in [6.07, 6.45) is 22.3. The quantitative estimate of drug-likeness (QED) is 0.0397. The van der Waals surface area contributed by atoms with E-state index in [2.05, 4.69) is 41.5 Å². The van der Waals surface area contributed by atoms with Crippen LogP contribution in [0.25, 0.3) is 0 Å². The van der Waals surface area contributed by atoms with E-state index in [1.807, 2.05) is 41.5 Å². The standard InChI is InChI=1S/6C8H16O2/c6*1-3-5-6-7(4-2)8(9)10/h6*7H,3-6H2,1-2H3,(H,9,10). The van der Waals surface area contributed by atoms with Crippen molar-refractivity contribution in [2.75, 3.05) is 0 Å². The van der Waals surface area contributed by atoms with Crippen molar-refractivity contribution < 1.29 is 59.4 Å². The number of aliphatic carboxylic acids is 6. The van der Waals surface area contributed by atoms with Gasteiger partial charge in [-0.2, -0.15) is 0 Å². The fourth-order valence-corrected chi connectivity index (χ4v) is 5.72. The summed E-state index contributed by atoms with van der Waals surface area (Å²) >= 11 is 0. The van der Waals surface area contributed by atoms with E-state index in [0.717, 1.165) is 154 Å². The number of hydrogen-bond acceptors (Lipinski definition) is 6. The van der Waals surface area contributed by atoms with E-state index < -0.39 is 35.8 Å². The highest BCUT2D eigenvalue weighted by Crippen LogP contribution is 2.15. The van der Waals surface area contributed by atoms with Gasteiger partial charge < -0.3 is 30.6 Å². The Labute approximate surface area is 367 Å². The van der Waals surface area contributed by atoms with Crippen molar-refractivity contribution in [2.45, 2.75) is 237 Å². The van der Waals surface area contributed by atoms with Gasteiger partial charge in [0.15, 0.2) is 0 Å². The number of carbonyl (C=O) groups is 6. The van der Waals surface area contributed by atoms with Crippen molar-refractivity contribution in [3.8, 4) is 0 Å². The molecule has 0 fully saturated rings. The van der Waals surface area contributed by atoms with Crippen molar-refractivity contribution >= 4 is 35.8 Å². The third-order valence-electron chi connectivity index (χ3n) is 10.5. The van der Waals surface area contributed by atoms with E-state index in [-0.39, 0.29) is 35.5 Å². The lowest BCUT2D eigenvalue weighted by Gasteiger charge is -2.06. The summed E-state index contributed by atoms with van der Waals surface area (Å²) in [6, 6.07) is 0. The van der Waals surface area contributed by atoms with Crippen LogP contribution >= 0.6 is 0 Å². The van der Waals surface area contributed by atoms with E-state index in [0.29, 0.717) is 0 Å². The molecule has 6 unspecified atom stereocenters. The van der Waals surface area contributed by atoms with Crippen LogP contribution in [0.15, 0.2) is 0 Å². The molecule has 0 aromatic carbocycles. The summed E-state index contributed by atoms with van der Waals surface area (Å²) in [5, 5.41) is 51.6. The molecule has 0 aromatic heterocycles. The third-order valence-corrected chi connectivity index (χ3v) is 10.5. The molecule has 0 saturated heterocycles. The molecule has 0 aliphatic rings. The molecular weight excluding hydrogens is 769 g/mol. The van der Waals surface area contributed by atoms with Crippen molar-refractivity contribution in [3.05, 3.63) is 0 Å². The van der Waals surface area contributed by atoms with Gasteiger partial charge in [0.25, 0.3) is 0 Å². The maximum atomic E-state index is 10.4. The molecule has 0 heterocycles. The summed E-state index contributed by atoms with van der Waals surface area (Å²) in [7, 11) is 0. The maximum Gasteiger partial charge on any atom is 0.306 e. The van der Waals surface area contributed by atoms with Gasteiger partial charge in [0.2, 0.25) is 0 Å². The molecule has 60 heavy (non-hydrogen) atoms. The van der Waals surface area contributed by atoms with E-state index in [1.54, 1.807) is 0 Å². The largest absolute Gasteiger partial charge is 0.481 e. The van der Waals surface area contributed by atoms with E-state index in [1.165, 1.54) is 0 Å². The number of hydrogen-bond donors (Lipinski definition) is 6. The normalized spacial score (nSPS) is 13.0. The summed E-state index contributed by atoms with van der Waals surface area (Å²) in [5.74, 6) is -4.52. The zero-order chi connectivity index (χ0) is 47.9. The molecule has 6 atom stereocenters. The van der Waals surface area contributed by atoms with Gasteiger partial charge in [-0.15, -0.1) is 0 Å². The van der Waals surface area contributed by atoms with Crippen LogP contribution in [0.4, 0.5) is 0 Å². The lowest BCUT2D eigenvalue weighted by molar-refractivity contribution is -0.143. The molecule has 0 spiro atoms. The lowest BCUT2D eigenvalue weighted by atomic mass is 10.00. The topological polar surface area (TPSA) is 224 Å². The van der Waals surface area contributed by atoms with Crippen LogP contribution < -0.4 is 0 Å². The highest BCUT2D eigenvalue weighted by molar-refractivity contribution is 5.71. The summed E-state index contributed by atoms with van der Waals surface area (Å²) in [6.45, 7) is 24.0.